The van der Waals surface area contributed by atoms with E-state index in [1.54, 1.807) is 72.1 Å². The molecular weight excluding hydrogens is 500 g/mol. The maximum Gasteiger partial charge on any atom is 0.345 e. The Kier molecular flexibility index (Phi) is 7.11. The van der Waals surface area contributed by atoms with Crippen molar-refractivity contribution in [2.75, 3.05) is 13.7 Å². The van der Waals surface area contributed by atoms with E-state index >= 15 is 0 Å². The largest absolute Gasteiger partial charge is 0.493 e. The minimum atomic E-state index is -0.492. The van der Waals surface area contributed by atoms with Gasteiger partial charge in [0.1, 0.15) is 16.7 Å². The van der Waals surface area contributed by atoms with E-state index < -0.39 is 5.63 Å². The number of aromatic nitrogens is 1. The molecule has 7 nitrogen and oxygen atoms in total. The summed E-state index contributed by atoms with van der Waals surface area (Å²) in [4.78, 5) is 29.4. The van der Waals surface area contributed by atoms with Gasteiger partial charge in [-0.15, -0.1) is 11.3 Å². The van der Waals surface area contributed by atoms with Crippen LogP contribution in [0.2, 0.25) is 0 Å². The third kappa shape index (κ3) is 5.24. The molecule has 5 aromatic rings. The smallest absolute Gasteiger partial charge is 0.345 e. The molecule has 38 heavy (non-hydrogen) atoms. The minimum Gasteiger partial charge on any atom is -0.493 e. The predicted molar refractivity (Wildman–Crippen MR) is 146 cm³/mol. The summed E-state index contributed by atoms with van der Waals surface area (Å²) in [6.07, 6.45) is 1.67. The lowest BCUT2D eigenvalue weighted by Crippen LogP contribution is -2.11. The lowest BCUT2D eigenvalue weighted by Gasteiger charge is -2.11. The number of carbonyl (C=O) groups excluding carboxylic acids is 1. The molecule has 0 unspecified atom stereocenters. The molecule has 0 atom stereocenters. The zero-order valence-electron chi connectivity index (χ0n) is 20.2. The molecule has 3 aromatic carbocycles. The summed E-state index contributed by atoms with van der Waals surface area (Å²) in [5, 5.41) is 12.8. The van der Waals surface area contributed by atoms with E-state index in [-0.39, 0.29) is 12.4 Å². The van der Waals surface area contributed by atoms with Crippen molar-refractivity contribution < 1.29 is 18.7 Å². The van der Waals surface area contributed by atoms with Gasteiger partial charge in [0.2, 0.25) is 0 Å². The number of methoxy groups -OCH3 is 1. The Balaban J connectivity index is 1.38. The molecule has 0 radical (unpaired) electrons. The van der Waals surface area contributed by atoms with Crippen LogP contribution in [0.3, 0.4) is 0 Å². The van der Waals surface area contributed by atoms with Crippen LogP contribution in [-0.4, -0.2) is 24.5 Å². The molecule has 2 aromatic heterocycles. The van der Waals surface area contributed by atoms with E-state index in [9.17, 15) is 14.9 Å². The number of allylic oxidation sites excluding steroid dienone is 1. The first-order chi connectivity index (χ1) is 18.6. The van der Waals surface area contributed by atoms with Gasteiger partial charge in [0, 0.05) is 16.3 Å². The van der Waals surface area contributed by atoms with Crippen LogP contribution in [-0.2, 0) is 0 Å². The van der Waals surface area contributed by atoms with Crippen LogP contribution in [0.1, 0.15) is 20.9 Å². The number of para-hydroxylation sites is 1. The quantitative estimate of drug-likeness (QED) is 0.135. The first kappa shape index (κ1) is 24.7. The van der Waals surface area contributed by atoms with Crippen LogP contribution in [0, 0.1) is 11.3 Å². The van der Waals surface area contributed by atoms with Crippen LogP contribution in [0.4, 0.5) is 0 Å². The third-order valence-corrected chi connectivity index (χ3v) is 6.60. The summed E-state index contributed by atoms with van der Waals surface area (Å²) >= 11 is 1.26. The molecule has 0 saturated carbocycles. The molecule has 2 heterocycles. The van der Waals surface area contributed by atoms with Crippen LogP contribution in [0.15, 0.2) is 93.5 Å². The number of hydrogen-bond acceptors (Lipinski definition) is 8. The molecule has 0 N–H and O–H groups in total. The van der Waals surface area contributed by atoms with Crippen molar-refractivity contribution in [2.24, 2.45) is 0 Å². The van der Waals surface area contributed by atoms with Gasteiger partial charge < -0.3 is 13.9 Å². The highest BCUT2D eigenvalue weighted by molar-refractivity contribution is 7.11. The number of Topliss-reactive ketones (excluding diaryl/α,β-unsaturated/α-hetero) is 1. The Labute approximate surface area is 221 Å². The summed E-state index contributed by atoms with van der Waals surface area (Å²) in [7, 11) is 1.50. The molecule has 5 rings (SSSR count). The Hall–Kier alpha value is -5.00. The highest BCUT2D eigenvalue weighted by atomic mass is 32.1. The number of nitrogens with zero attached hydrogens (tertiary/aromatic N) is 2. The molecule has 186 valence electrons. The van der Waals surface area contributed by atoms with Crippen molar-refractivity contribution in [3.8, 4) is 28.8 Å². The van der Waals surface area contributed by atoms with Gasteiger partial charge in [-0.05, 0) is 35.9 Å². The van der Waals surface area contributed by atoms with Crippen LogP contribution in [0.5, 0.6) is 11.5 Å². The Morgan fingerprint density at radius 2 is 1.84 bits per heavy atom. The molecule has 0 spiro atoms. The Bertz CT molecular complexity index is 1760. The van der Waals surface area contributed by atoms with Gasteiger partial charge in [-0.2, -0.15) is 5.26 Å². The second kappa shape index (κ2) is 10.9. The van der Waals surface area contributed by atoms with E-state index in [0.29, 0.717) is 50.0 Å². The number of thiazole rings is 1. The van der Waals surface area contributed by atoms with Crippen molar-refractivity contribution >= 4 is 39.7 Å². The second-order valence-corrected chi connectivity index (χ2v) is 9.04. The highest BCUT2D eigenvalue weighted by Gasteiger charge is 2.15. The fraction of sp³-hybridized carbons (Fsp3) is 0.0667. The second-order valence-electron chi connectivity index (χ2n) is 8.18. The first-order valence-electron chi connectivity index (χ1n) is 11.6. The number of rotatable bonds is 8. The van der Waals surface area contributed by atoms with E-state index in [0.717, 1.165) is 5.39 Å². The fourth-order valence-electron chi connectivity index (χ4n) is 3.81. The number of benzene rings is 3. The lowest BCUT2D eigenvalue weighted by molar-refractivity contribution is 0.0919. The monoisotopic (exact) mass is 520 g/mol. The third-order valence-electron chi connectivity index (χ3n) is 5.73. The summed E-state index contributed by atoms with van der Waals surface area (Å²) in [5.41, 5.74) is 2.35. The van der Waals surface area contributed by atoms with Gasteiger partial charge in [0.05, 0.1) is 23.9 Å². The summed E-state index contributed by atoms with van der Waals surface area (Å²) < 4.78 is 16.6. The molecule has 0 bridgehead atoms. The molecular formula is C30H20N2O5S. The molecule has 8 heteroatoms. The maximum absolute atomic E-state index is 12.5. The highest BCUT2D eigenvalue weighted by Crippen LogP contribution is 2.31. The van der Waals surface area contributed by atoms with Crippen LogP contribution in [0.25, 0.3) is 33.9 Å². The Morgan fingerprint density at radius 1 is 1.05 bits per heavy atom. The van der Waals surface area contributed by atoms with Gasteiger partial charge in [-0.3, -0.25) is 4.79 Å². The van der Waals surface area contributed by atoms with E-state index in [1.807, 2.05) is 18.2 Å². The predicted octanol–water partition coefficient (Wildman–Crippen LogP) is 6.25. The number of nitriles is 1. The molecule has 0 aliphatic heterocycles. The van der Waals surface area contributed by atoms with Crippen molar-refractivity contribution in [1.29, 1.82) is 5.26 Å². The first-order valence-corrected chi connectivity index (χ1v) is 12.4. The molecule has 0 amide bonds. The molecule has 0 saturated heterocycles. The van der Waals surface area contributed by atoms with Gasteiger partial charge in [0.25, 0.3) is 0 Å². The Morgan fingerprint density at radius 3 is 2.63 bits per heavy atom. The molecule has 0 aliphatic carbocycles. The maximum atomic E-state index is 12.5. The number of ether oxygens (including phenoxy) is 2. The van der Waals surface area contributed by atoms with Crippen LogP contribution >= 0.6 is 11.3 Å². The normalized spacial score (nSPS) is 11.2. The average molecular weight is 521 g/mol. The number of ketones is 1. The van der Waals surface area contributed by atoms with E-state index in [4.69, 9.17) is 13.9 Å². The fourth-order valence-corrected chi connectivity index (χ4v) is 4.60. The number of fused-ring (bicyclic) bond motifs is 1. The number of carbonyl (C=O) groups is 1. The standard InChI is InChI=1S/C30H20N2O5S/c1-35-28-14-19(11-12-27(28)36-17-25(33)20-7-3-2-4-8-20)13-22(16-31)29-32-24(18-38-29)23-15-21-9-5-6-10-26(21)37-30(23)34/h2-15,18H,17H2,1H3/b22-13+. The topological polar surface area (TPSA) is 102 Å². The van der Waals surface area contributed by atoms with Crippen molar-refractivity contribution in [2.45, 2.75) is 0 Å². The number of hydrogen-bond donors (Lipinski definition) is 0. The van der Waals surface area contributed by atoms with Gasteiger partial charge in [-0.1, -0.05) is 54.6 Å². The molecule has 0 aliphatic rings. The van der Waals surface area contributed by atoms with Crippen LogP contribution < -0.4 is 15.1 Å². The lowest BCUT2D eigenvalue weighted by atomic mass is 10.1. The SMILES string of the molecule is COc1cc(/C=C(\C#N)c2nc(-c3cc4ccccc4oc3=O)cs2)ccc1OCC(=O)c1ccccc1. The average Bonchev–Trinajstić information content (AvgIpc) is 3.44. The minimum absolute atomic E-state index is 0.135. The van der Waals surface area contributed by atoms with Gasteiger partial charge in [0.15, 0.2) is 23.9 Å². The molecule has 0 fully saturated rings. The van der Waals surface area contributed by atoms with Crippen molar-refractivity contribution in [3.05, 3.63) is 111 Å². The van der Waals surface area contributed by atoms with E-state index in [1.165, 1.54) is 18.4 Å². The zero-order valence-corrected chi connectivity index (χ0v) is 21.0. The van der Waals surface area contributed by atoms with Gasteiger partial charge >= 0.3 is 5.63 Å². The van der Waals surface area contributed by atoms with Gasteiger partial charge in [-0.25, -0.2) is 9.78 Å². The summed E-state index contributed by atoms with van der Waals surface area (Å²) in [6.45, 7) is -0.135. The van der Waals surface area contributed by atoms with Crippen molar-refractivity contribution in [3.63, 3.8) is 0 Å². The van der Waals surface area contributed by atoms with E-state index in [2.05, 4.69) is 11.1 Å². The summed E-state index contributed by atoms with van der Waals surface area (Å²) in [5.74, 6) is 0.681. The van der Waals surface area contributed by atoms with Crippen molar-refractivity contribution in [1.82, 2.24) is 4.98 Å². The zero-order chi connectivity index (χ0) is 26.5. The summed E-state index contributed by atoms with van der Waals surface area (Å²) in [6, 6.07) is 25.2.